The number of likely N-dealkylation sites (tertiary alicyclic amines) is 1. The van der Waals surface area contributed by atoms with E-state index in [9.17, 15) is 19.1 Å². The van der Waals surface area contributed by atoms with Gasteiger partial charge in [0, 0.05) is 38.9 Å². The van der Waals surface area contributed by atoms with Gasteiger partial charge in [0.1, 0.15) is 11.6 Å². The Bertz CT molecular complexity index is 1070. The van der Waals surface area contributed by atoms with Crippen molar-refractivity contribution in [2.75, 3.05) is 39.4 Å². The number of hydrogen-bond donors (Lipinski definition) is 1. The standard InChI is InChI=1S/C23H27FN4O4/c1-14-18(15(2)26(3)25-14)21(29)19-20(16-4-6-17(24)7-5-16)28(23(31)22(19)30)9-8-27-10-12-32-13-11-27/h4-7,20,29H,8-13H2,1-3H3/t20-/m1/s1. The van der Waals surface area contributed by atoms with Gasteiger partial charge in [-0.2, -0.15) is 5.10 Å². The molecule has 1 amide bonds. The number of carbonyl (C=O) groups excluding carboxylic acids is 2. The van der Waals surface area contributed by atoms with Crippen LogP contribution in [0.3, 0.4) is 0 Å². The summed E-state index contributed by atoms with van der Waals surface area (Å²) in [7, 11) is 1.75. The average molecular weight is 442 g/mol. The molecule has 3 heterocycles. The second-order valence-electron chi connectivity index (χ2n) is 8.17. The van der Waals surface area contributed by atoms with Crippen LogP contribution in [0.15, 0.2) is 29.8 Å². The maximum Gasteiger partial charge on any atom is 0.295 e. The van der Waals surface area contributed by atoms with E-state index in [1.807, 2.05) is 0 Å². The van der Waals surface area contributed by atoms with Gasteiger partial charge in [-0.1, -0.05) is 12.1 Å². The zero-order valence-corrected chi connectivity index (χ0v) is 18.5. The molecule has 0 spiro atoms. The molecule has 2 saturated heterocycles. The lowest BCUT2D eigenvalue weighted by molar-refractivity contribution is -0.140. The van der Waals surface area contributed by atoms with Gasteiger partial charge in [0.15, 0.2) is 0 Å². The van der Waals surface area contributed by atoms with Crippen LogP contribution in [0.2, 0.25) is 0 Å². The first-order valence-electron chi connectivity index (χ1n) is 10.6. The molecule has 0 aliphatic carbocycles. The van der Waals surface area contributed by atoms with E-state index in [0.717, 1.165) is 13.1 Å². The summed E-state index contributed by atoms with van der Waals surface area (Å²) in [5, 5.41) is 15.5. The van der Waals surface area contributed by atoms with E-state index in [4.69, 9.17) is 4.74 Å². The number of ether oxygens (including phenoxy) is 1. The van der Waals surface area contributed by atoms with Crippen molar-refractivity contribution in [3.63, 3.8) is 0 Å². The molecule has 32 heavy (non-hydrogen) atoms. The third-order valence-electron chi connectivity index (χ3n) is 6.23. The zero-order chi connectivity index (χ0) is 23.0. The number of aliphatic hydroxyl groups is 1. The summed E-state index contributed by atoms with van der Waals surface area (Å²) < 4.78 is 20.6. The minimum atomic E-state index is -0.810. The largest absolute Gasteiger partial charge is 0.507 e. The van der Waals surface area contributed by atoms with Crippen LogP contribution in [0, 0.1) is 19.7 Å². The van der Waals surface area contributed by atoms with E-state index in [0.29, 0.717) is 48.8 Å². The Kier molecular flexibility index (Phi) is 6.12. The van der Waals surface area contributed by atoms with E-state index >= 15 is 0 Å². The highest BCUT2D eigenvalue weighted by molar-refractivity contribution is 6.46. The lowest BCUT2D eigenvalue weighted by Crippen LogP contribution is -2.42. The van der Waals surface area contributed by atoms with Gasteiger partial charge in [0.2, 0.25) is 0 Å². The second kappa shape index (κ2) is 8.84. The Balaban J connectivity index is 1.77. The van der Waals surface area contributed by atoms with Crippen LogP contribution in [0.1, 0.15) is 28.6 Å². The SMILES string of the molecule is Cc1nn(C)c(C)c1C(O)=C1C(=O)C(=O)N(CCN2CCOCC2)[C@@H]1c1ccc(F)cc1. The van der Waals surface area contributed by atoms with Crippen molar-refractivity contribution in [1.29, 1.82) is 0 Å². The molecule has 0 bridgehead atoms. The van der Waals surface area contributed by atoms with E-state index in [2.05, 4.69) is 10.00 Å². The highest BCUT2D eigenvalue weighted by Gasteiger charge is 2.46. The average Bonchev–Trinajstić information content (AvgIpc) is 3.18. The predicted molar refractivity (Wildman–Crippen MR) is 115 cm³/mol. The van der Waals surface area contributed by atoms with Crippen molar-refractivity contribution >= 4 is 17.4 Å². The highest BCUT2D eigenvalue weighted by Crippen LogP contribution is 2.40. The molecule has 0 radical (unpaired) electrons. The molecule has 1 aromatic carbocycles. The third-order valence-corrected chi connectivity index (χ3v) is 6.23. The van der Waals surface area contributed by atoms with E-state index < -0.39 is 23.5 Å². The Labute approximate surface area is 185 Å². The van der Waals surface area contributed by atoms with Crippen molar-refractivity contribution in [3.05, 3.63) is 58.2 Å². The number of aromatic nitrogens is 2. The van der Waals surface area contributed by atoms with Gasteiger partial charge in [-0.15, -0.1) is 0 Å². The predicted octanol–water partition coefficient (Wildman–Crippen LogP) is 1.93. The first-order valence-corrected chi connectivity index (χ1v) is 10.6. The monoisotopic (exact) mass is 442 g/mol. The van der Waals surface area contributed by atoms with Crippen molar-refractivity contribution in [1.82, 2.24) is 19.6 Å². The maximum atomic E-state index is 13.6. The number of aryl methyl sites for hydroxylation is 2. The first kappa shape index (κ1) is 22.2. The Morgan fingerprint density at radius 1 is 1.16 bits per heavy atom. The zero-order valence-electron chi connectivity index (χ0n) is 18.5. The Morgan fingerprint density at radius 3 is 2.41 bits per heavy atom. The minimum absolute atomic E-state index is 0.00258. The number of amides is 1. The lowest BCUT2D eigenvalue weighted by atomic mass is 9.94. The van der Waals surface area contributed by atoms with E-state index in [-0.39, 0.29) is 11.3 Å². The molecule has 2 aromatic rings. The number of benzene rings is 1. The Hall–Kier alpha value is -3.04. The molecular formula is C23H27FN4O4. The summed E-state index contributed by atoms with van der Waals surface area (Å²) in [4.78, 5) is 29.8. The van der Waals surface area contributed by atoms with Crippen molar-refractivity contribution < 1.29 is 23.8 Å². The van der Waals surface area contributed by atoms with Gasteiger partial charge in [-0.3, -0.25) is 19.2 Å². The highest BCUT2D eigenvalue weighted by atomic mass is 19.1. The molecule has 0 saturated carbocycles. The van der Waals surface area contributed by atoms with Crippen LogP contribution < -0.4 is 0 Å². The van der Waals surface area contributed by atoms with E-state index in [1.54, 1.807) is 37.7 Å². The fraction of sp³-hybridized carbons (Fsp3) is 0.435. The number of morpholine rings is 1. The molecule has 2 aliphatic heterocycles. The summed E-state index contributed by atoms with van der Waals surface area (Å²) in [6.07, 6.45) is 0. The van der Waals surface area contributed by atoms with Gasteiger partial charge in [0.25, 0.3) is 11.7 Å². The van der Waals surface area contributed by atoms with Gasteiger partial charge in [-0.25, -0.2) is 4.39 Å². The third kappa shape index (κ3) is 3.93. The van der Waals surface area contributed by atoms with Crippen molar-refractivity contribution in [2.24, 2.45) is 7.05 Å². The normalized spacial score (nSPS) is 21.5. The van der Waals surface area contributed by atoms with Crippen LogP contribution in [0.5, 0.6) is 0 Å². The van der Waals surface area contributed by atoms with Crippen LogP contribution in [0.4, 0.5) is 4.39 Å². The Morgan fingerprint density at radius 2 is 1.81 bits per heavy atom. The van der Waals surface area contributed by atoms with Gasteiger partial charge in [-0.05, 0) is 31.5 Å². The molecule has 170 valence electrons. The summed E-state index contributed by atoms with van der Waals surface area (Å²) >= 11 is 0. The summed E-state index contributed by atoms with van der Waals surface area (Å²) in [5.41, 5.74) is 2.24. The van der Waals surface area contributed by atoms with E-state index in [1.165, 1.54) is 17.0 Å². The number of carbonyl (C=O) groups is 2. The molecule has 2 aliphatic rings. The van der Waals surface area contributed by atoms with Gasteiger partial charge >= 0.3 is 0 Å². The van der Waals surface area contributed by atoms with Crippen molar-refractivity contribution in [2.45, 2.75) is 19.9 Å². The molecule has 2 fully saturated rings. The molecule has 1 N–H and O–H groups in total. The maximum absolute atomic E-state index is 13.6. The lowest BCUT2D eigenvalue weighted by Gasteiger charge is -2.31. The molecular weight excluding hydrogens is 415 g/mol. The number of hydrogen-bond acceptors (Lipinski definition) is 6. The van der Waals surface area contributed by atoms with Crippen molar-refractivity contribution in [3.8, 4) is 0 Å². The number of rotatable bonds is 5. The fourth-order valence-corrected chi connectivity index (χ4v) is 4.43. The molecule has 1 atom stereocenters. The molecule has 8 nitrogen and oxygen atoms in total. The summed E-state index contributed by atoms with van der Waals surface area (Å²) in [6.45, 7) is 7.14. The van der Waals surface area contributed by atoms with Crippen LogP contribution in [0.25, 0.3) is 5.76 Å². The molecule has 4 rings (SSSR count). The first-order chi connectivity index (χ1) is 15.3. The van der Waals surface area contributed by atoms with Crippen LogP contribution in [-0.2, 0) is 21.4 Å². The number of nitrogens with zero attached hydrogens (tertiary/aromatic N) is 4. The number of ketones is 1. The molecule has 0 unspecified atom stereocenters. The minimum Gasteiger partial charge on any atom is -0.507 e. The van der Waals surface area contributed by atoms with Crippen LogP contribution in [-0.4, -0.2) is 75.8 Å². The summed E-state index contributed by atoms with van der Waals surface area (Å²) in [5.74, 6) is -2.09. The fourth-order valence-electron chi connectivity index (χ4n) is 4.43. The smallest absolute Gasteiger partial charge is 0.295 e. The van der Waals surface area contributed by atoms with Gasteiger partial charge < -0.3 is 14.7 Å². The number of Topliss-reactive ketones (excluding diaryl/α,β-unsaturated/α-hetero) is 1. The second-order valence-corrected chi connectivity index (χ2v) is 8.17. The topological polar surface area (TPSA) is 87.9 Å². The van der Waals surface area contributed by atoms with Crippen LogP contribution >= 0.6 is 0 Å². The quantitative estimate of drug-likeness (QED) is 0.433. The van der Waals surface area contributed by atoms with Gasteiger partial charge in [0.05, 0.1) is 36.1 Å². The molecule has 9 heteroatoms. The number of halogens is 1. The number of aliphatic hydroxyl groups excluding tert-OH is 1. The summed E-state index contributed by atoms with van der Waals surface area (Å²) in [6, 6.07) is 4.86. The molecule has 1 aromatic heterocycles.